The molecule has 0 amide bonds. The first-order valence-electron chi connectivity index (χ1n) is 25.2. The summed E-state index contributed by atoms with van der Waals surface area (Å²) in [5.41, 5.74) is 15.0. The Hall–Kier alpha value is -9.14. The Morgan fingerprint density at radius 3 is 0.945 bits per heavy atom. The van der Waals surface area contributed by atoms with Crippen LogP contribution in [0.25, 0.3) is 152 Å². The molecule has 1 heteroatoms. The molecule has 0 nitrogen and oxygen atoms in total. The van der Waals surface area contributed by atoms with Crippen LogP contribution in [0.3, 0.4) is 0 Å². The molecule has 0 spiro atoms. The lowest BCUT2D eigenvalue weighted by Crippen LogP contribution is -1.93. The maximum Gasteiger partial charge on any atom is 0.0361 e. The van der Waals surface area contributed by atoms with Crippen molar-refractivity contribution in [2.45, 2.75) is 0 Å². The molecule has 15 rings (SSSR count). The monoisotopic (exact) mass is 940 g/mol. The highest BCUT2D eigenvalue weighted by molar-refractivity contribution is 7.26. The van der Waals surface area contributed by atoms with Crippen LogP contribution in [0.5, 0.6) is 0 Å². The lowest BCUT2D eigenvalue weighted by atomic mass is 9.82. The summed E-state index contributed by atoms with van der Waals surface area (Å²) in [6, 6.07) is 99.3. The van der Waals surface area contributed by atoms with E-state index in [1.807, 2.05) is 11.3 Å². The summed E-state index contributed by atoms with van der Waals surface area (Å²) in [6.07, 6.45) is 0. The van der Waals surface area contributed by atoms with Gasteiger partial charge in [0.05, 0.1) is 0 Å². The predicted octanol–water partition coefficient (Wildman–Crippen LogP) is 21.0. The summed E-state index contributed by atoms with van der Waals surface area (Å²) in [5, 5.41) is 17.7. The van der Waals surface area contributed by atoms with Gasteiger partial charge in [-0.05, 0) is 150 Å². The van der Waals surface area contributed by atoms with Gasteiger partial charge in [-0.25, -0.2) is 0 Å². The van der Waals surface area contributed by atoms with Crippen LogP contribution in [-0.4, -0.2) is 0 Å². The summed E-state index contributed by atoms with van der Waals surface area (Å²) in [4.78, 5) is 0. The maximum atomic E-state index is 2.49. The Kier molecular flexibility index (Phi) is 9.55. The smallest absolute Gasteiger partial charge is 0.0361 e. The summed E-state index contributed by atoms with van der Waals surface area (Å²) < 4.78 is 2.58. The molecule has 0 fully saturated rings. The zero-order valence-corrected chi connectivity index (χ0v) is 40.6. The van der Waals surface area contributed by atoms with Crippen molar-refractivity contribution in [3.63, 3.8) is 0 Å². The largest absolute Gasteiger partial charge is 0.135 e. The zero-order chi connectivity index (χ0) is 48.0. The minimum Gasteiger partial charge on any atom is -0.135 e. The van der Waals surface area contributed by atoms with Gasteiger partial charge in [-0.3, -0.25) is 0 Å². The number of fused-ring (bicyclic) bond motifs is 9. The first kappa shape index (κ1) is 41.6. The van der Waals surface area contributed by atoms with Crippen molar-refractivity contribution in [2.75, 3.05) is 0 Å². The van der Waals surface area contributed by atoms with Crippen molar-refractivity contribution in [1.29, 1.82) is 0 Å². The quantitative estimate of drug-likeness (QED) is 0.146. The van der Waals surface area contributed by atoms with E-state index in [9.17, 15) is 0 Å². The summed E-state index contributed by atoms with van der Waals surface area (Å²) in [6.45, 7) is 0. The Labute approximate surface area is 427 Å². The highest BCUT2D eigenvalue weighted by Gasteiger charge is 2.23. The van der Waals surface area contributed by atoms with Crippen LogP contribution in [0.4, 0.5) is 0 Å². The fraction of sp³-hybridized carbons (Fsp3) is 0. The van der Waals surface area contributed by atoms with Gasteiger partial charge in [0.25, 0.3) is 0 Å². The van der Waals surface area contributed by atoms with E-state index in [2.05, 4.69) is 267 Å². The summed E-state index contributed by atoms with van der Waals surface area (Å²) in [5.74, 6) is 0. The van der Waals surface area contributed by atoms with E-state index >= 15 is 0 Å². The second-order valence-corrected chi connectivity index (χ2v) is 20.4. The van der Waals surface area contributed by atoms with E-state index in [1.54, 1.807) is 0 Å². The van der Waals surface area contributed by atoms with Gasteiger partial charge in [0, 0.05) is 20.2 Å². The minimum absolute atomic E-state index is 1.22. The average Bonchev–Trinajstić information content (AvgIpc) is 3.84. The molecule has 0 aliphatic carbocycles. The van der Waals surface area contributed by atoms with Gasteiger partial charge in [0.15, 0.2) is 0 Å². The van der Waals surface area contributed by atoms with Crippen molar-refractivity contribution in [3.05, 3.63) is 267 Å². The van der Waals surface area contributed by atoms with Crippen LogP contribution >= 0.6 is 11.3 Å². The lowest BCUT2D eigenvalue weighted by Gasteiger charge is -2.20. The van der Waals surface area contributed by atoms with Crippen LogP contribution in [0.15, 0.2) is 267 Å². The molecule has 14 aromatic carbocycles. The zero-order valence-electron chi connectivity index (χ0n) is 39.8. The van der Waals surface area contributed by atoms with Crippen molar-refractivity contribution < 1.29 is 0 Å². The van der Waals surface area contributed by atoms with E-state index in [0.717, 1.165) is 0 Å². The molecule has 0 aliphatic rings. The number of hydrogen-bond donors (Lipinski definition) is 0. The molecule has 1 aromatic heterocycles. The van der Waals surface area contributed by atoms with Gasteiger partial charge in [-0.1, -0.05) is 249 Å². The van der Waals surface area contributed by atoms with Gasteiger partial charge < -0.3 is 0 Å². The van der Waals surface area contributed by atoms with Crippen molar-refractivity contribution in [3.8, 4) is 66.8 Å². The molecule has 0 aliphatic heterocycles. The average molecular weight is 941 g/mol. The number of thiophene rings is 1. The first-order chi connectivity index (χ1) is 36.3. The summed E-state index contributed by atoms with van der Waals surface area (Å²) in [7, 11) is 0. The molecular formula is C72H44S. The van der Waals surface area contributed by atoms with Crippen LogP contribution in [0.1, 0.15) is 0 Å². The molecule has 0 atom stereocenters. The third-order valence-electron chi connectivity index (χ3n) is 15.5. The third kappa shape index (κ3) is 6.46. The molecule has 0 radical (unpaired) electrons. The minimum atomic E-state index is 1.22. The molecule has 0 saturated heterocycles. The molecule has 15 aromatic rings. The van der Waals surface area contributed by atoms with Crippen LogP contribution in [0, 0.1) is 0 Å². The van der Waals surface area contributed by atoms with E-state index in [1.165, 1.54) is 152 Å². The van der Waals surface area contributed by atoms with Crippen molar-refractivity contribution >= 4 is 96.1 Å². The Bertz CT molecular complexity index is 4600. The normalized spacial score (nSPS) is 11.8. The van der Waals surface area contributed by atoms with Crippen LogP contribution in [0.2, 0.25) is 0 Å². The Balaban J connectivity index is 0.960. The Morgan fingerprint density at radius 1 is 0.178 bits per heavy atom. The van der Waals surface area contributed by atoms with Crippen LogP contribution < -0.4 is 0 Å². The molecule has 0 N–H and O–H groups in total. The highest BCUT2D eigenvalue weighted by Crippen LogP contribution is 2.52. The van der Waals surface area contributed by atoms with Gasteiger partial charge >= 0.3 is 0 Å². The first-order valence-corrected chi connectivity index (χ1v) is 26.1. The molecule has 0 bridgehead atoms. The highest BCUT2D eigenvalue weighted by atomic mass is 32.1. The van der Waals surface area contributed by atoms with E-state index < -0.39 is 0 Å². The van der Waals surface area contributed by atoms with Crippen molar-refractivity contribution in [1.82, 2.24) is 0 Å². The second-order valence-electron chi connectivity index (χ2n) is 19.3. The van der Waals surface area contributed by atoms with E-state index in [0.29, 0.717) is 0 Å². The van der Waals surface area contributed by atoms with Gasteiger partial charge in [-0.2, -0.15) is 0 Å². The number of hydrogen-bond acceptors (Lipinski definition) is 1. The van der Waals surface area contributed by atoms with Crippen molar-refractivity contribution in [2.24, 2.45) is 0 Å². The van der Waals surface area contributed by atoms with E-state index in [-0.39, 0.29) is 0 Å². The SMILES string of the molecule is c1ccc(-c2ccc(-c3c4ccccc4c(-c4ccc5sc6cccc(-c7c8ccccc8c(-c8ccc(-c9ccccc9)c9ccccc89)c8ccccc78)c6c5c4)c4ccccc34)c3ccccc23)cc1. The molecule has 1 heterocycles. The third-order valence-corrected chi connectivity index (χ3v) is 16.6. The molecule has 0 saturated carbocycles. The fourth-order valence-electron chi connectivity index (χ4n) is 12.4. The van der Waals surface area contributed by atoms with Gasteiger partial charge in [-0.15, -0.1) is 11.3 Å². The standard InChI is InChI=1S/C72H44S/c1-3-20-45(21-4-1)48-39-41-62(52-26-9-7-24-50(48)52)69-56-30-13-11-28-54(56)68(55-29-12-14-31-57(55)69)47-38-43-66-65(44-47)72-64(36-19-37-67(72)73-66)71-60-34-17-15-32-58(60)70(59-33-16-18-35-61(59)71)63-42-40-49(46-22-5-2-6-23-46)51-25-8-10-27-53(51)63/h1-44H. The van der Waals surface area contributed by atoms with Gasteiger partial charge in [0.1, 0.15) is 0 Å². The molecule has 0 unspecified atom stereocenters. The number of rotatable bonds is 6. The predicted molar refractivity (Wildman–Crippen MR) is 317 cm³/mol. The van der Waals surface area contributed by atoms with Crippen LogP contribution in [-0.2, 0) is 0 Å². The molecule has 73 heavy (non-hydrogen) atoms. The maximum absolute atomic E-state index is 2.49. The topological polar surface area (TPSA) is 0 Å². The molecular weight excluding hydrogens is 897 g/mol. The van der Waals surface area contributed by atoms with Gasteiger partial charge in [0.2, 0.25) is 0 Å². The Morgan fingerprint density at radius 2 is 0.521 bits per heavy atom. The summed E-state index contributed by atoms with van der Waals surface area (Å²) >= 11 is 1.89. The fourth-order valence-corrected chi connectivity index (χ4v) is 13.5. The van der Waals surface area contributed by atoms with E-state index in [4.69, 9.17) is 0 Å². The number of benzene rings is 14. The lowest BCUT2D eigenvalue weighted by molar-refractivity contribution is 1.64. The second kappa shape index (κ2) is 16.7. The molecule has 338 valence electrons.